The molecule has 0 unspecified atom stereocenters. The van der Waals surface area contributed by atoms with Crippen LogP contribution in [0, 0.1) is 6.92 Å². The lowest BCUT2D eigenvalue weighted by Gasteiger charge is -2.23. The summed E-state index contributed by atoms with van der Waals surface area (Å²) in [4.78, 5) is 0.331. The summed E-state index contributed by atoms with van der Waals surface area (Å²) in [6.45, 7) is 3.36. The summed E-state index contributed by atoms with van der Waals surface area (Å²) in [5.74, 6) is 0.668. The first kappa shape index (κ1) is 12.3. The summed E-state index contributed by atoms with van der Waals surface area (Å²) in [6.07, 6.45) is 1.94. The van der Waals surface area contributed by atoms with Crippen molar-refractivity contribution in [2.45, 2.75) is 25.9 Å². The van der Waals surface area contributed by atoms with E-state index in [-0.39, 0.29) is 6.10 Å². The first-order valence-electron chi connectivity index (χ1n) is 5.67. The summed E-state index contributed by atoms with van der Waals surface area (Å²) < 4.78 is 12.9. The zero-order valence-electron chi connectivity index (χ0n) is 10.1. The van der Waals surface area contributed by atoms with Gasteiger partial charge in [0, 0.05) is 19.9 Å². The van der Waals surface area contributed by atoms with E-state index in [9.17, 15) is 0 Å². The SMILES string of the molecule is Cc1nn(C)c(OC2CCOCC2)c1C(N)=S. The van der Waals surface area contributed by atoms with E-state index in [0.717, 1.165) is 37.3 Å². The van der Waals surface area contributed by atoms with Crippen LogP contribution < -0.4 is 10.5 Å². The summed E-state index contributed by atoms with van der Waals surface area (Å²) in [6, 6.07) is 0. The van der Waals surface area contributed by atoms with Crippen molar-refractivity contribution in [2.24, 2.45) is 12.8 Å². The number of thiocarbonyl (C=S) groups is 1. The fourth-order valence-electron chi connectivity index (χ4n) is 2.01. The smallest absolute Gasteiger partial charge is 0.222 e. The molecule has 94 valence electrons. The second-order valence-corrected chi connectivity index (χ2v) is 4.62. The molecule has 0 amide bonds. The second kappa shape index (κ2) is 5.01. The molecule has 1 aliphatic rings. The molecular weight excluding hydrogens is 238 g/mol. The summed E-state index contributed by atoms with van der Waals surface area (Å²) in [7, 11) is 1.84. The lowest BCUT2D eigenvalue weighted by molar-refractivity contribution is 0.0220. The molecule has 0 spiro atoms. The molecule has 2 N–H and O–H groups in total. The van der Waals surface area contributed by atoms with Gasteiger partial charge in [0.1, 0.15) is 11.1 Å². The topological polar surface area (TPSA) is 62.3 Å². The highest BCUT2D eigenvalue weighted by Crippen LogP contribution is 2.24. The first-order valence-corrected chi connectivity index (χ1v) is 6.08. The van der Waals surface area contributed by atoms with Crippen molar-refractivity contribution in [3.05, 3.63) is 11.3 Å². The van der Waals surface area contributed by atoms with E-state index in [1.165, 1.54) is 0 Å². The maximum atomic E-state index is 5.95. The van der Waals surface area contributed by atoms with Crippen LogP contribution in [0.5, 0.6) is 5.88 Å². The van der Waals surface area contributed by atoms with E-state index >= 15 is 0 Å². The number of ether oxygens (including phenoxy) is 2. The normalized spacial score (nSPS) is 17.1. The second-order valence-electron chi connectivity index (χ2n) is 4.18. The Morgan fingerprint density at radius 2 is 2.18 bits per heavy atom. The lowest BCUT2D eigenvalue weighted by Crippen LogP contribution is -2.27. The Morgan fingerprint density at radius 1 is 1.53 bits per heavy atom. The van der Waals surface area contributed by atoms with Crippen molar-refractivity contribution >= 4 is 17.2 Å². The number of hydrogen-bond acceptors (Lipinski definition) is 4. The number of nitrogens with zero attached hydrogens (tertiary/aromatic N) is 2. The molecule has 1 saturated heterocycles. The van der Waals surface area contributed by atoms with Gasteiger partial charge in [-0.2, -0.15) is 5.10 Å². The van der Waals surface area contributed by atoms with Crippen molar-refractivity contribution in [2.75, 3.05) is 13.2 Å². The zero-order valence-corrected chi connectivity index (χ0v) is 10.9. The van der Waals surface area contributed by atoms with Gasteiger partial charge in [-0.25, -0.2) is 4.68 Å². The van der Waals surface area contributed by atoms with Crippen molar-refractivity contribution in [3.63, 3.8) is 0 Å². The van der Waals surface area contributed by atoms with Gasteiger partial charge in [-0.3, -0.25) is 0 Å². The third kappa shape index (κ3) is 2.58. The molecule has 0 atom stereocenters. The number of aromatic nitrogens is 2. The molecule has 1 aliphatic heterocycles. The third-order valence-corrected chi connectivity index (χ3v) is 3.07. The van der Waals surface area contributed by atoms with Gasteiger partial charge < -0.3 is 15.2 Å². The molecule has 5 nitrogen and oxygen atoms in total. The van der Waals surface area contributed by atoms with Gasteiger partial charge in [0.25, 0.3) is 0 Å². The molecule has 0 saturated carbocycles. The quantitative estimate of drug-likeness (QED) is 0.814. The van der Waals surface area contributed by atoms with E-state index in [1.807, 2.05) is 14.0 Å². The van der Waals surface area contributed by atoms with E-state index in [4.69, 9.17) is 27.4 Å². The van der Waals surface area contributed by atoms with Crippen LogP contribution in [0.2, 0.25) is 0 Å². The third-order valence-electron chi connectivity index (χ3n) is 2.86. The molecule has 1 aromatic rings. The fraction of sp³-hybridized carbons (Fsp3) is 0.636. The van der Waals surface area contributed by atoms with Crippen LogP contribution in [-0.2, 0) is 11.8 Å². The van der Waals surface area contributed by atoms with E-state index in [1.54, 1.807) is 4.68 Å². The molecule has 2 rings (SSSR count). The molecule has 0 bridgehead atoms. The van der Waals surface area contributed by atoms with Crippen molar-refractivity contribution in [1.29, 1.82) is 0 Å². The van der Waals surface area contributed by atoms with Gasteiger partial charge in [0.15, 0.2) is 0 Å². The van der Waals surface area contributed by atoms with Gasteiger partial charge in [-0.15, -0.1) is 0 Å². The predicted octanol–water partition coefficient (Wildman–Crippen LogP) is 0.921. The van der Waals surface area contributed by atoms with Gasteiger partial charge in [0.2, 0.25) is 5.88 Å². The average molecular weight is 255 g/mol. The minimum Gasteiger partial charge on any atom is -0.474 e. The molecule has 17 heavy (non-hydrogen) atoms. The van der Waals surface area contributed by atoms with E-state index < -0.39 is 0 Å². The number of hydrogen-bond donors (Lipinski definition) is 1. The van der Waals surface area contributed by atoms with E-state index in [0.29, 0.717) is 10.9 Å². The Kier molecular flexibility index (Phi) is 3.63. The first-order chi connectivity index (χ1) is 8.09. The molecule has 1 aromatic heterocycles. The van der Waals surface area contributed by atoms with Crippen LogP contribution in [0.15, 0.2) is 0 Å². The zero-order chi connectivity index (χ0) is 12.4. The van der Waals surface area contributed by atoms with Gasteiger partial charge in [-0.1, -0.05) is 12.2 Å². The standard InChI is InChI=1S/C11H17N3O2S/c1-7-9(10(12)17)11(14(2)13-7)16-8-3-5-15-6-4-8/h8H,3-6H2,1-2H3,(H2,12,17). The molecule has 2 heterocycles. The summed E-state index contributed by atoms with van der Waals surface area (Å²) in [5.41, 5.74) is 7.26. The van der Waals surface area contributed by atoms with Crippen LogP contribution in [0.1, 0.15) is 24.1 Å². The Balaban J connectivity index is 2.21. The molecule has 0 aliphatic carbocycles. The van der Waals surface area contributed by atoms with Crippen molar-refractivity contribution < 1.29 is 9.47 Å². The molecule has 6 heteroatoms. The highest BCUT2D eigenvalue weighted by Gasteiger charge is 2.22. The van der Waals surface area contributed by atoms with Gasteiger partial charge in [-0.05, 0) is 6.92 Å². The molecular formula is C11H17N3O2S. The Labute approximate surface area is 106 Å². The minimum atomic E-state index is 0.159. The summed E-state index contributed by atoms with van der Waals surface area (Å²) >= 11 is 5.04. The Hall–Kier alpha value is -1.14. The lowest BCUT2D eigenvalue weighted by atomic mass is 10.1. The number of rotatable bonds is 3. The Bertz CT molecular complexity index is 425. The molecule has 1 fully saturated rings. The largest absolute Gasteiger partial charge is 0.474 e. The van der Waals surface area contributed by atoms with Crippen LogP contribution in [0.4, 0.5) is 0 Å². The van der Waals surface area contributed by atoms with Crippen LogP contribution in [0.3, 0.4) is 0 Å². The predicted molar refractivity (Wildman–Crippen MR) is 68.3 cm³/mol. The Morgan fingerprint density at radius 3 is 2.76 bits per heavy atom. The summed E-state index contributed by atoms with van der Waals surface area (Å²) in [5, 5.41) is 4.29. The highest BCUT2D eigenvalue weighted by atomic mass is 32.1. The van der Waals surface area contributed by atoms with Crippen molar-refractivity contribution in [1.82, 2.24) is 9.78 Å². The molecule has 0 aromatic carbocycles. The van der Waals surface area contributed by atoms with Crippen molar-refractivity contribution in [3.8, 4) is 5.88 Å². The monoisotopic (exact) mass is 255 g/mol. The van der Waals surface area contributed by atoms with Gasteiger partial charge >= 0.3 is 0 Å². The number of aryl methyl sites for hydroxylation is 2. The maximum Gasteiger partial charge on any atom is 0.222 e. The average Bonchev–Trinajstić information content (AvgIpc) is 2.55. The maximum absolute atomic E-state index is 5.95. The van der Waals surface area contributed by atoms with Gasteiger partial charge in [0.05, 0.1) is 24.5 Å². The number of nitrogens with two attached hydrogens (primary N) is 1. The van der Waals surface area contributed by atoms with Crippen LogP contribution in [0.25, 0.3) is 0 Å². The van der Waals surface area contributed by atoms with E-state index in [2.05, 4.69) is 5.10 Å². The minimum absolute atomic E-state index is 0.159. The fourth-order valence-corrected chi connectivity index (χ4v) is 2.24. The molecule has 0 radical (unpaired) electrons. The highest BCUT2D eigenvalue weighted by molar-refractivity contribution is 7.80. The van der Waals surface area contributed by atoms with Crippen LogP contribution in [-0.4, -0.2) is 34.1 Å². The van der Waals surface area contributed by atoms with Crippen LogP contribution >= 0.6 is 12.2 Å².